The Morgan fingerprint density at radius 3 is 2.58 bits per heavy atom. The molecule has 2 aromatic rings. The van der Waals surface area contributed by atoms with Crippen LogP contribution in [0.2, 0.25) is 5.02 Å². The Labute approximate surface area is 178 Å². The van der Waals surface area contributed by atoms with Crippen LogP contribution in [0.15, 0.2) is 29.3 Å². The van der Waals surface area contributed by atoms with Crippen LogP contribution in [-0.4, -0.2) is 40.8 Å². The number of hydrogen-bond acceptors (Lipinski definition) is 2. The second-order valence-electron chi connectivity index (χ2n) is 6.21. The Balaban J connectivity index is 0.00000338. The molecule has 2 rings (SSSR count). The average Bonchev–Trinajstić information content (AvgIpc) is 2.82. The zero-order chi connectivity index (χ0) is 18.4. The van der Waals surface area contributed by atoms with Crippen molar-refractivity contribution in [3.63, 3.8) is 0 Å². The molecule has 0 saturated heterocycles. The summed E-state index contributed by atoms with van der Waals surface area (Å²) in [5.41, 5.74) is 4.68. The van der Waals surface area contributed by atoms with Gasteiger partial charge in [0.15, 0.2) is 5.96 Å². The highest BCUT2D eigenvalue weighted by Crippen LogP contribution is 2.16. The molecular formula is C19H29ClIN5. The Morgan fingerprint density at radius 1 is 1.31 bits per heavy atom. The van der Waals surface area contributed by atoms with Crippen LogP contribution in [0.4, 0.5) is 0 Å². The van der Waals surface area contributed by atoms with Gasteiger partial charge in [0.05, 0.1) is 5.69 Å². The molecule has 0 bridgehead atoms. The van der Waals surface area contributed by atoms with Gasteiger partial charge in [-0.05, 0) is 44.4 Å². The Hall–Kier alpha value is -1.28. The smallest absolute Gasteiger partial charge is 0.193 e. The van der Waals surface area contributed by atoms with E-state index in [4.69, 9.17) is 16.6 Å². The molecule has 144 valence electrons. The van der Waals surface area contributed by atoms with Crippen molar-refractivity contribution in [3.8, 4) is 0 Å². The van der Waals surface area contributed by atoms with E-state index in [2.05, 4.69) is 36.1 Å². The lowest BCUT2D eigenvalue weighted by Crippen LogP contribution is -2.38. The van der Waals surface area contributed by atoms with E-state index < -0.39 is 0 Å². The van der Waals surface area contributed by atoms with E-state index in [0.29, 0.717) is 0 Å². The second kappa shape index (κ2) is 10.8. The van der Waals surface area contributed by atoms with E-state index in [1.807, 2.05) is 43.0 Å². The van der Waals surface area contributed by atoms with Gasteiger partial charge in [0, 0.05) is 44.4 Å². The highest BCUT2D eigenvalue weighted by atomic mass is 127. The lowest BCUT2D eigenvalue weighted by molar-refractivity contribution is 0.477. The van der Waals surface area contributed by atoms with Crippen molar-refractivity contribution < 1.29 is 0 Å². The summed E-state index contributed by atoms with van der Waals surface area (Å²) in [7, 11) is 4.02. The van der Waals surface area contributed by atoms with Crippen molar-refractivity contribution in [2.75, 3.05) is 20.1 Å². The number of benzene rings is 1. The maximum atomic E-state index is 6.28. The van der Waals surface area contributed by atoms with E-state index in [-0.39, 0.29) is 24.0 Å². The molecule has 26 heavy (non-hydrogen) atoms. The van der Waals surface area contributed by atoms with Gasteiger partial charge in [-0.1, -0.05) is 29.8 Å². The maximum Gasteiger partial charge on any atom is 0.193 e. The molecule has 0 unspecified atom stereocenters. The van der Waals surface area contributed by atoms with Crippen LogP contribution in [0.1, 0.15) is 29.4 Å². The number of aryl methyl sites for hydroxylation is 2. The zero-order valence-corrected chi connectivity index (χ0v) is 19.3. The van der Waals surface area contributed by atoms with Gasteiger partial charge < -0.3 is 10.2 Å². The molecule has 0 fully saturated rings. The number of nitrogens with one attached hydrogen (secondary N) is 1. The van der Waals surface area contributed by atoms with Crippen LogP contribution in [0.25, 0.3) is 0 Å². The van der Waals surface area contributed by atoms with Crippen LogP contribution in [0.5, 0.6) is 0 Å². The second-order valence-corrected chi connectivity index (χ2v) is 6.61. The maximum absolute atomic E-state index is 6.28. The largest absolute Gasteiger partial charge is 0.357 e. The SMILES string of the molecule is CCNC(=NCCc1c(C)nn(C)c1C)N(C)Cc1ccccc1Cl.I. The standard InChI is InChI=1S/C19H28ClN5.HI/c1-6-21-19(24(4)13-16-9-7-8-10-18(16)20)22-12-11-17-14(2)23-25(5)15(17)3;/h7-10H,6,11-13H2,1-5H3,(H,21,22);1H. The van der Waals surface area contributed by atoms with E-state index in [1.54, 1.807) is 0 Å². The first-order valence-electron chi connectivity index (χ1n) is 8.66. The third kappa shape index (κ3) is 5.87. The first kappa shape index (κ1) is 22.8. The minimum absolute atomic E-state index is 0. The van der Waals surface area contributed by atoms with Crippen molar-refractivity contribution in [2.24, 2.45) is 12.0 Å². The summed E-state index contributed by atoms with van der Waals surface area (Å²) in [6.07, 6.45) is 0.889. The molecule has 0 aliphatic heterocycles. The number of aromatic nitrogens is 2. The van der Waals surface area contributed by atoms with Crippen LogP contribution in [0, 0.1) is 13.8 Å². The van der Waals surface area contributed by atoms with E-state index in [0.717, 1.165) is 48.3 Å². The molecule has 5 nitrogen and oxygen atoms in total. The monoisotopic (exact) mass is 489 g/mol. The molecule has 1 N–H and O–H groups in total. The lowest BCUT2D eigenvalue weighted by Gasteiger charge is -2.22. The molecule has 0 spiro atoms. The Morgan fingerprint density at radius 2 is 2.00 bits per heavy atom. The van der Waals surface area contributed by atoms with Gasteiger partial charge in [-0.2, -0.15) is 5.10 Å². The van der Waals surface area contributed by atoms with Gasteiger partial charge in [0.1, 0.15) is 0 Å². The van der Waals surface area contributed by atoms with Crippen LogP contribution < -0.4 is 5.32 Å². The minimum Gasteiger partial charge on any atom is -0.357 e. The number of guanidine groups is 1. The van der Waals surface area contributed by atoms with Crippen molar-refractivity contribution in [3.05, 3.63) is 51.8 Å². The molecular weight excluding hydrogens is 461 g/mol. The summed E-state index contributed by atoms with van der Waals surface area (Å²) in [6.45, 7) is 8.51. The number of halogens is 2. The highest BCUT2D eigenvalue weighted by Gasteiger charge is 2.11. The topological polar surface area (TPSA) is 45.5 Å². The van der Waals surface area contributed by atoms with Gasteiger partial charge >= 0.3 is 0 Å². The van der Waals surface area contributed by atoms with Gasteiger partial charge in [-0.15, -0.1) is 24.0 Å². The lowest BCUT2D eigenvalue weighted by atomic mass is 10.1. The molecule has 1 aromatic heterocycles. The molecule has 0 atom stereocenters. The fourth-order valence-electron chi connectivity index (χ4n) is 2.88. The normalized spacial score (nSPS) is 11.2. The predicted octanol–water partition coefficient (Wildman–Crippen LogP) is 3.95. The van der Waals surface area contributed by atoms with Gasteiger partial charge in [-0.25, -0.2) is 0 Å². The summed E-state index contributed by atoms with van der Waals surface area (Å²) in [4.78, 5) is 6.88. The average molecular weight is 490 g/mol. The predicted molar refractivity (Wildman–Crippen MR) is 121 cm³/mol. The summed E-state index contributed by atoms with van der Waals surface area (Å²) in [5.74, 6) is 0.890. The first-order chi connectivity index (χ1) is 11.9. The third-order valence-electron chi connectivity index (χ3n) is 4.34. The van der Waals surface area contributed by atoms with Crippen molar-refractivity contribution >= 4 is 41.5 Å². The molecule has 1 heterocycles. The fraction of sp³-hybridized carbons (Fsp3) is 0.474. The molecule has 0 radical (unpaired) electrons. The first-order valence-corrected chi connectivity index (χ1v) is 9.03. The van der Waals surface area contributed by atoms with Crippen molar-refractivity contribution in [1.82, 2.24) is 20.0 Å². The van der Waals surface area contributed by atoms with Crippen molar-refractivity contribution in [2.45, 2.75) is 33.7 Å². The number of nitrogens with zero attached hydrogens (tertiary/aromatic N) is 4. The van der Waals surface area contributed by atoms with Crippen LogP contribution >= 0.6 is 35.6 Å². The van der Waals surface area contributed by atoms with Crippen LogP contribution in [0.3, 0.4) is 0 Å². The summed E-state index contributed by atoms with van der Waals surface area (Å²) in [6, 6.07) is 7.92. The molecule has 0 saturated carbocycles. The third-order valence-corrected chi connectivity index (χ3v) is 4.71. The molecule has 0 amide bonds. The summed E-state index contributed by atoms with van der Waals surface area (Å²) >= 11 is 6.28. The quantitative estimate of drug-likeness (QED) is 0.380. The molecule has 7 heteroatoms. The zero-order valence-electron chi connectivity index (χ0n) is 16.2. The van der Waals surface area contributed by atoms with Crippen LogP contribution in [-0.2, 0) is 20.0 Å². The van der Waals surface area contributed by atoms with Crippen molar-refractivity contribution in [1.29, 1.82) is 0 Å². The van der Waals surface area contributed by atoms with E-state index in [1.165, 1.54) is 11.3 Å². The van der Waals surface area contributed by atoms with E-state index >= 15 is 0 Å². The van der Waals surface area contributed by atoms with Gasteiger partial charge in [0.2, 0.25) is 0 Å². The number of rotatable bonds is 6. The highest BCUT2D eigenvalue weighted by molar-refractivity contribution is 14.0. The van der Waals surface area contributed by atoms with E-state index in [9.17, 15) is 0 Å². The Bertz CT molecular complexity index is 742. The molecule has 1 aromatic carbocycles. The molecule has 0 aliphatic rings. The minimum atomic E-state index is 0. The molecule has 0 aliphatic carbocycles. The number of aliphatic imine (C=N–C) groups is 1. The fourth-order valence-corrected chi connectivity index (χ4v) is 3.08. The number of hydrogen-bond donors (Lipinski definition) is 1. The Kier molecular flexibility index (Phi) is 9.43. The van der Waals surface area contributed by atoms with Gasteiger partial charge in [-0.3, -0.25) is 9.67 Å². The summed E-state index contributed by atoms with van der Waals surface area (Å²) < 4.78 is 1.93. The van der Waals surface area contributed by atoms with Gasteiger partial charge in [0.25, 0.3) is 0 Å². The summed E-state index contributed by atoms with van der Waals surface area (Å²) in [5, 5.41) is 8.61.